The third-order valence-electron chi connectivity index (χ3n) is 6.60. The average Bonchev–Trinajstić information content (AvgIpc) is 3.24. The molecule has 0 N–H and O–H groups in total. The van der Waals surface area contributed by atoms with Gasteiger partial charge in [0.15, 0.2) is 0 Å². The lowest BCUT2D eigenvalue weighted by Gasteiger charge is -2.22. The van der Waals surface area contributed by atoms with Crippen LogP contribution in [0.15, 0.2) is 59.0 Å². The van der Waals surface area contributed by atoms with Gasteiger partial charge in [0.2, 0.25) is 0 Å². The van der Waals surface area contributed by atoms with Gasteiger partial charge in [0.1, 0.15) is 11.2 Å². The van der Waals surface area contributed by atoms with E-state index >= 15 is 0 Å². The molecule has 6 rings (SSSR count). The Morgan fingerprint density at radius 3 is 2.52 bits per heavy atom. The Hall–Kier alpha value is -2.74. The van der Waals surface area contributed by atoms with E-state index in [0.29, 0.717) is 0 Å². The highest BCUT2D eigenvalue weighted by molar-refractivity contribution is 6.23. The van der Waals surface area contributed by atoms with Gasteiger partial charge in [0.25, 0.3) is 0 Å². The first-order valence-corrected chi connectivity index (χ1v) is 10.1. The van der Waals surface area contributed by atoms with Gasteiger partial charge in [-0.15, -0.1) is 0 Å². The maximum atomic E-state index is 6.12. The fourth-order valence-corrected chi connectivity index (χ4v) is 5.23. The summed E-state index contributed by atoms with van der Waals surface area (Å²) < 4.78 is 8.49. The lowest BCUT2D eigenvalue weighted by atomic mass is 9.84. The largest absolute Gasteiger partial charge is 0.456 e. The molecule has 2 nitrogen and oxygen atoms in total. The summed E-state index contributed by atoms with van der Waals surface area (Å²) in [5.74, 6) is 0.732. The molecule has 0 unspecified atom stereocenters. The molecule has 2 heterocycles. The van der Waals surface area contributed by atoms with Crippen LogP contribution in [-0.4, -0.2) is 4.57 Å². The van der Waals surface area contributed by atoms with Crippen molar-refractivity contribution in [2.75, 3.05) is 0 Å². The minimum Gasteiger partial charge on any atom is -0.456 e. The zero-order valence-corrected chi connectivity index (χ0v) is 15.7. The van der Waals surface area contributed by atoms with E-state index < -0.39 is 0 Å². The number of benzene rings is 3. The molecular formula is C25H23NO. The predicted molar refractivity (Wildman–Crippen MR) is 114 cm³/mol. The number of aromatic nitrogens is 1. The molecule has 0 amide bonds. The Labute approximate surface area is 158 Å². The first-order chi connectivity index (χ1) is 13.3. The van der Waals surface area contributed by atoms with E-state index in [0.717, 1.165) is 17.1 Å². The van der Waals surface area contributed by atoms with Gasteiger partial charge in [-0.3, -0.25) is 0 Å². The van der Waals surface area contributed by atoms with E-state index in [4.69, 9.17) is 4.42 Å². The number of nitrogens with zero attached hydrogens (tertiary/aromatic N) is 1. The third kappa shape index (κ3) is 2.13. The molecule has 2 aromatic heterocycles. The van der Waals surface area contributed by atoms with Crippen molar-refractivity contribution in [2.24, 2.45) is 7.05 Å². The number of furan rings is 1. The molecule has 134 valence electrons. The summed E-state index contributed by atoms with van der Waals surface area (Å²) in [6, 6.07) is 19.9. The fraction of sp³-hybridized carbons (Fsp3) is 0.280. The van der Waals surface area contributed by atoms with Gasteiger partial charge in [-0.1, -0.05) is 49.6 Å². The van der Waals surface area contributed by atoms with Crippen LogP contribution in [0, 0.1) is 0 Å². The van der Waals surface area contributed by atoms with E-state index in [2.05, 4.69) is 60.1 Å². The normalized spacial score (nSPS) is 16.2. The number of hydrogen-bond donors (Lipinski definition) is 0. The van der Waals surface area contributed by atoms with E-state index in [9.17, 15) is 0 Å². The minimum absolute atomic E-state index is 0.732. The van der Waals surface area contributed by atoms with Crippen LogP contribution in [0.1, 0.15) is 43.6 Å². The Bertz CT molecular complexity index is 1310. The first-order valence-electron chi connectivity index (χ1n) is 10.1. The van der Waals surface area contributed by atoms with Gasteiger partial charge in [0.05, 0.1) is 10.9 Å². The van der Waals surface area contributed by atoms with Crippen molar-refractivity contribution >= 4 is 43.7 Å². The highest BCUT2D eigenvalue weighted by Gasteiger charge is 2.19. The van der Waals surface area contributed by atoms with Crippen LogP contribution in [0.5, 0.6) is 0 Å². The van der Waals surface area contributed by atoms with Crippen molar-refractivity contribution in [3.8, 4) is 0 Å². The van der Waals surface area contributed by atoms with Gasteiger partial charge in [-0.05, 0) is 48.6 Å². The van der Waals surface area contributed by atoms with Crippen LogP contribution < -0.4 is 0 Å². The minimum atomic E-state index is 0.732. The van der Waals surface area contributed by atoms with Crippen LogP contribution in [0.25, 0.3) is 43.7 Å². The van der Waals surface area contributed by atoms with Gasteiger partial charge in [-0.25, -0.2) is 0 Å². The van der Waals surface area contributed by atoms with Crippen molar-refractivity contribution in [3.63, 3.8) is 0 Å². The molecule has 1 aliphatic carbocycles. The summed E-state index contributed by atoms with van der Waals surface area (Å²) in [4.78, 5) is 0. The highest BCUT2D eigenvalue weighted by atomic mass is 16.3. The summed E-state index contributed by atoms with van der Waals surface area (Å²) in [5.41, 5.74) is 6.08. The van der Waals surface area contributed by atoms with Crippen LogP contribution in [0.2, 0.25) is 0 Å². The van der Waals surface area contributed by atoms with Gasteiger partial charge in [0, 0.05) is 28.7 Å². The number of rotatable bonds is 1. The molecule has 5 aromatic rings. The molecule has 0 atom stereocenters. The molecule has 0 aliphatic heterocycles. The molecule has 1 aliphatic rings. The van der Waals surface area contributed by atoms with Crippen molar-refractivity contribution in [1.29, 1.82) is 0 Å². The Balaban J connectivity index is 1.68. The molecule has 27 heavy (non-hydrogen) atoms. The smallest absolute Gasteiger partial charge is 0.137 e. The molecule has 1 saturated carbocycles. The van der Waals surface area contributed by atoms with E-state index in [1.54, 1.807) is 0 Å². The van der Waals surface area contributed by atoms with E-state index in [-0.39, 0.29) is 0 Å². The average molecular weight is 353 g/mol. The molecule has 3 aromatic carbocycles. The molecule has 0 spiro atoms. The molecule has 1 fully saturated rings. The predicted octanol–water partition coefficient (Wildman–Crippen LogP) is 7.28. The lowest BCUT2D eigenvalue weighted by Crippen LogP contribution is -2.04. The summed E-state index contributed by atoms with van der Waals surface area (Å²) in [6.45, 7) is 0. The highest BCUT2D eigenvalue weighted by Crippen LogP contribution is 2.40. The lowest BCUT2D eigenvalue weighted by molar-refractivity contribution is 0.444. The standard InChI is InChI=1S/C25H23NO/c1-26-21-15-17(16-7-3-2-4-8-16)11-12-18(21)19-13-14-23-24(25(19)26)20-9-5-6-10-22(20)27-23/h5-6,9-16H,2-4,7-8H2,1H3. The van der Waals surface area contributed by atoms with Crippen molar-refractivity contribution in [2.45, 2.75) is 38.0 Å². The van der Waals surface area contributed by atoms with Gasteiger partial charge in [-0.2, -0.15) is 0 Å². The van der Waals surface area contributed by atoms with Gasteiger partial charge < -0.3 is 8.98 Å². The monoisotopic (exact) mass is 353 g/mol. The summed E-state index contributed by atoms with van der Waals surface area (Å²) >= 11 is 0. The van der Waals surface area contributed by atoms with E-state index in [1.165, 1.54) is 70.2 Å². The van der Waals surface area contributed by atoms with Crippen LogP contribution in [0.3, 0.4) is 0 Å². The van der Waals surface area contributed by atoms with Crippen molar-refractivity contribution in [1.82, 2.24) is 4.57 Å². The quantitative estimate of drug-likeness (QED) is 0.310. The maximum Gasteiger partial charge on any atom is 0.137 e. The number of para-hydroxylation sites is 1. The first kappa shape index (κ1) is 15.3. The second-order valence-corrected chi connectivity index (χ2v) is 8.10. The summed E-state index contributed by atoms with van der Waals surface area (Å²) in [6.07, 6.45) is 6.83. The molecular weight excluding hydrogens is 330 g/mol. The summed E-state index contributed by atoms with van der Waals surface area (Å²) in [5, 5.41) is 5.11. The van der Waals surface area contributed by atoms with Crippen molar-refractivity contribution < 1.29 is 4.42 Å². The number of aryl methyl sites for hydroxylation is 1. The zero-order valence-electron chi connectivity index (χ0n) is 15.7. The summed E-state index contributed by atoms with van der Waals surface area (Å²) in [7, 11) is 2.20. The number of fused-ring (bicyclic) bond motifs is 7. The number of hydrogen-bond acceptors (Lipinski definition) is 1. The topological polar surface area (TPSA) is 18.1 Å². The van der Waals surface area contributed by atoms with Crippen LogP contribution >= 0.6 is 0 Å². The second kappa shape index (κ2) is 5.63. The zero-order chi connectivity index (χ0) is 18.0. The molecule has 0 saturated heterocycles. The maximum absolute atomic E-state index is 6.12. The van der Waals surface area contributed by atoms with Gasteiger partial charge >= 0.3 is 0 Å². The second-order valence-electron chi connectivity index (χ2n) is 8.10. The van der Waals surface area contributed by atoms with Crippen molar-refractivity contribution in [3.05, 3.63) is 60.2 Å². The SMILES string of the molecule is Cn1c2cc(C3CCCCC3)ccc2c2ccc3oc4ccccc4c3c21. The Morgan fingerprint density at radius 1 is 0.815 bits per heavy atom. The molecule has 0 bridgehead atoms. The Kier molecular flexibility index (Phi) is 3.19. The van der Waals surface area contributed by atoms with Crippen LogP contribution in [0.4, 0.5) is 0 Å². The van der Waals surface area contributed by atoms with Crippen LogP contribution in [-0.2, 0) is 7.05 Å². The third-order valence-corrected chi connectivity index (χ3v) is 6.60. The fourth-order valence-electron chi connectivity index (χ4n) is 5.23. The van der Waals surface area contributed by atoms with E-state index in [1.807, 2.05) is 6.07 Å². The Morgan fingerprint density at radius 2 is 1.63 bits per heavy atom. The molecule has 2 heteroatoms. The molecule has 0 radical (unpaired) electrons.